The van der Waals surface area contributed by atoms with Gasteiger partial charge in [-0.1, -0.05) is 13.0 Å². The predicted molar refractivity (Wildman–Crippen MR) is 59.0 cm³/mol. The van der Waals surface area contributed by atoms with Crippen molar-refractivity contribution in [3.05, 3.63) is 23.6 Å². The molecule has 0 radical (unpaired) electrons. The highest BCUT2D eigenvalue weighted by Gasteiger charge is 2.25. The third-order valence-electron chi connectivity index (χ3n) is 2.81. The normalized spacial score (nSPS) is 21.7. The van der Waals surface area contributed by atoms with Gasteiger partial charge in [0, 0.05) is 5.57 Å². The molecule has 1 aliphatic rings. The van der Waals surface area contributed by atoms with Crippen LogP contribution in [0.1, 0.15) is 13.3 Å². The smallest absolute Gasteiger partial charge is 0.306 e. The average Bonchev–Trinajstić information content (AvgIpc) is 2.30. The van der Waals surface area contributed by atoms with Gasteiger partial charge in [0.25, 0.3) is 0 Å². The highest BCUT2D eigenvalue weighted by molar-refractivity contribution is 5.70. The molecule has 0 aromatic carbocycles. The Bertz CT molecular complexity index is 337. The summed E-state index contributed by atoms with van der Waals surface area (Å²) in [4.78, 5) is 10.8. The summed E-state index contributed by atoms with van der Waals surface area (Å²) < 4.78 is 30.3. The number of rotatable bonds is 6. The summed E-state index contributed by atoms with van der Waals surface area (Å²) in [6, 6.07) is 0. The number of carboxylic acid groups (broad SMARTS) is 1. The van der Waals surface area contributed by atoms with Crippen molar-refractivity contribution in [3.8, 4) is 0 Å². The SMILES string of the molecule is CC(C(=O)O)C1C=C(F)C(COCCF)=CC1. The summed E-state index contributed by atoms with van der Waals surface area (Å²) in [5.41, 5.74) is 0.368. The number of alkyl halides is 1. The fourth-order valence-electron chi connectivity index (χ4n) is 1.64. The van der Waals surface area contributed by atoms with Crippen LogP contribution in [-0.2, 0) is 9.53 Å². The zero-order valence-electron chi connectivity index (χ0n) is 9.66. The molecular weight excluding hydrogens is 230 g/mol. The number of hydrogen-bond donors (Lipinski definition) is 1. The molecule has 2 unspecified atom stereocenters. The summed E-state index contributed by atoms with van der Waals surface area (Å²) in [5, 5.41) is 8.82. The highest BCUT2D eigenvalue weighted by Crippen LogP contribution is 2.29. The number of hydrogen-bond acceptors (Lipinski definition) is 2. The summed E-state index contributed by atoms with van der Waals surface area (Å²) in [5.74, 6) is -2.36. The lowest BCUT2D eigenvalue weighted by Gasteiger charge is -2.20. The predicted octanol–water partition coefficient (Wildman–Crippen LogP) is 2.49. The number of allylic oxidation sites excluding steroid dienone is 2. The lowest BCUT2D eigenvalue weighted by molar-refractivity contribution is -0.142. The molecular formula is C12H16F2O3. The largest absolute Gasteiger partial charge is 0.481 e. The molecule has 0 fully saturated rings. The van der Waals surface area contributed by atoms with Crippen molar-refractivity contribution in [2.75, 3.05) is 19.9 Å². The molecule has 1 rings (SSSR count). The van der Waals surface area contributed by atoms with Gasteiger partial charge < -0.3 is 9.84 Å². The van der Waals surface area contributed by atoms with Gasteiger partial charge in [-0.3, -0.25) is 4.79 Å². The molecule has 17 heavy (non-hydrogen) atoms. The fourth-order valence-corrected chi connectivity index (χ4v) is 1.64. The number of carbonyl (C=O) groups is 1. The summed E-state index contributed by atoms with van der Waals surface area (Å²) in [6.07, 6.45) is 3.40. The van der Waals surface area contributed by atoms with Gasteiger partial charge in [0.2, 0.25) is 0 Å². The molecule has 0 heterocycles. The monoisotopic (exact) mass is 246 g/mol. The molecule has 1 aliphatic carbocycles. The molecule has 0 bridgehead atoms. The van der Waals surface area contributed by atoms with Crippen LogP contribution in [0.4, 0.5) is 8.78 Å². The van der Waals surface area contributed by atoms with Gasteiger partial charge in [-0.25, -0.2) is 8.78 Å². The van der Waals surface area contributed by atoms with Crippen LogP contribution in [0.15, 0.2) is 23.6 Å². The van der Waals surface area contributed by atoms with E-state index in [4.69, 9.17) is 9.84 Å². The maximum absolute atomic E-state index is 13.6. The molecule has 0 saturated heterocycles. The van der Waals surface area contributed by atoms with Crippen LogP contribution in [0.25, 0.3) is 0 Å². The minimum Gasteiger partial charge on any atom is -0.481 e. The van der Waals surface area contributed by atoms with Crippen LogP contribution in [0.5, 0.6) is 0 Å². The van der Waals surface area contributed by atoms with Crippen molar-refractivity contribution in [3.63, 3.8) is 0 Å². The molecule has 0 aromatic rings. The number of aliphatic carboxylic acids is 1. The van der Waals surface area contributed by atoms with Gasteiger partial charge in [-0.15, -0.1) is 0 Å². The van der Waals surface area contributed by atoms with Gasteiger partial charge in [0.05, 0.1) is 19.1 Å². The standard InChI is InChI=1S/C12H16F2O3/c1-8(12(15)16)9-2-3-10(11(14)6-9)7-17-5-4-13/h3,6,8-9H,2,4-5,7H2,1H3,(H,15,16). The van der Waals surface area contributed by atoms with Crippen LogP contribution in [-0.4, -0.2) is 31.0 Å². The quantitative estimate of drug-likeness (QED) is 0.732. The van der Waals surface area contributed by atoms with Crippen molar-refractivity contribution in [1.29, 1.82) is 0 Å². The Kier molecular flexibility index (Phi) is 5.28. The highest BCUT2D eigenvalue weighted by atomic mass is 19.1. The molecule has 3 nitrogen and oxygen atoms in total. The second-order valence-electron chi connectivity index (χ2n) is 4.01. The first-order chi connectivity index (χ1) is 8.06. The third-order valence-corrected chi connectivity index (χ3v) is 2.81. The fraction of sp³-hybridized carbons (Fsp3) is 0.583. The van der Waals surface area contributed by atoms with Crippen LogP contribution in [0, 0.1) is 11.8 Å². The molecule has 0 aliphatic heterocycles. The maximum atomic E-state index is 13.6. The van der Waals surface area contributed by atoms with Crippen LogP contribution in [0.3, 0.4) is 0 Å². The van der Waals surface area contributed by atoms with Crippen molar-refractivity contribution in [2.45, 2.75) is 13.3 Å². The van der Waals surface area contributed by atoms with Gasteiger partial charge in [-0.05, 0) is 18.4 Å². The van der Waals surface area contributed by atoms with Crippen molar-refractivity contribution < 1.29 is 23.4 Å². The van der Waals surface area contributed by atoms with E-state index in [9.17, 15) is 13.6 Å². The van der Waals surface area contributed by atoms with Gasteiger partial charge in [-0.2, -0.15) is 0 Å². The van der Waals surface area contributed by atoms with E-state index >= 15 is 0 Å². The molecule has 0 saturated carbocycles. The summed E-state index contributed by atoms with van der Waals surface area (Å²) in [6.45, 7) is 0.923. The van der Waals surface area contributed by atoms with E-state index in [2.05, 4.69) is 0 Å². The van der Waals surface area contributed by atoms with Crippen molar-refractivity contribution in [2.24, 2.45) is 11.8 Å². The van der Waals surface area contributed by atoms with Crippen LogP contribution >= 0.6 is 0 Å². The maximum Gasteiger partial charge on any atom is 0.306 e. The first-order valence-electron chi connectivity index (χ1n) is 5.49. The van der Waals surface area contributed by atoms with E-state index < -0.39 is 24.4 Å². The second kappa shape index (κ2) is 6.49. The number of halogens is 2. The van der Waals surface area contributed by atoms with Crippen molar-refractivity contribution in [1.82, 2.24) is 0 Å². The van der Waals surface area contributed by atoms with E-state index in [-0.39, 0.29) is 19.1 Å². The zero-order chi connectivity index (χ0) is 12.8. The summed E-state index contributed by atoms with van der Waals surface area (Å²) >= 11 is 0. The lowest BCUT2D eigenvalue weighted by atomic mass is 9.86. The van der Waals surface area contributed by atoms with Gasteiger partial charge in [0.1, 0.15) is 12.5 Å². The Labute approximate surface area is 98.8 Å². The summed E-state index contributed by atoms with van der Waals surface area (Å²) in [7, 11) is 0. The van der Waals surface area contributed by atoms with E-state index in [1.54, 1.807) is 13.0 Å². The molecule has 0 amide bonds. The Morgan fingerprint density at radius 1 is 1.71 bits per heavy atom. The second-order valence-corrected chi connectivity index (χ2v) is 4.01. The van der Waals surface area contributed by atoms with Gasteiger partial charge >= 0.3 is 5.97 Å². The Hall–Kier alpha value is -1.23. The van der Waals surface area contributed by atoms with Crippen LogP contribution < -0.4 is 0 Å². The van der Waals surface area contributed by atoms with Crippen molar-refractivity contribution >= 4 is 5.97 Å². The number of carboxylic acids is 1. The van der Waals surface area contributed by atoms with Gasteiger partial charge in [0.15, 0.2) is 0 Å². The van der Waals surface area contributed by atoms with E-state index in [0.29, 0.717) is 12.0 Å². The zero-order valence-corrected chi connectivity index (χ0v) is 9.66. The van der Waals surface area contributed by atoms with E-state index in [1.165, 1.54) is 6.08 Å². The Balaban J connectivity index is 2.55. The lowest BCUT2D eigenvalue weighted by Crippen LogP contribution is -2.21. The Morgan fingerprint density at radius 3 is 2.94 bits per heavy atom. The average molecular weight is 246 g/mol. The topological polar surface area (TPSA) is 46.5 Å². The minimum absolute atomic E-state index is 0.0282. The first-order valence-corrected chi connectivity index (χ1v) is 5.49. The Morgan fingerprint density at radius 2 is 2.41 bits per heavy atom. The van der Waals surface area contributed by atoms with Crippen LogP contribution in [0.2, 0.25) is 0 Å². The van der Waals surface area contributed by atoms with E-state index in [0.717, 1.165) is 0 Å². The molecule has 0 aromatic heterocycles. The van der Waals surface area contributed by atoms with E-state index in [1.807, 2.05) is 0 Å². The molecule has 1 N–H and O–H groups in total. The minimum atomic E-state index is -0.940. The third kappa shape index (κ3) is 3.93. The molecule has 0 spiro atoms. The molecule has 96 valence electrons. The molecule has 5 heteroatoms. The number of ether oxygens (including phenoxy) is 1. The first kappa shape index (κ1) is 13.8. The molecule has 2 atom stereocenters.